The Balaban J connectivity index is 2.59. The number of carbonyl (C=O) groups is 2. The van der Waals surface area contributed by atoms with Gasteiger partial charge in [0.25, 0.3) is 0 Å². The number of aliphatic carboxylic acids is 1. The lowest BCUT2D eigenvalue weighted by Gasteiger charge is -2.08. The summed E-state index contributed by atoms with van der Waals surface area (Å²) in [6, 6.07) is 6.10. The Kier molecular flexibility index (Phi) is 5.51. The maximum Gasteiger partial charge on any atom is 0.303 e. The van der Waals surface area contributed by atoms with Crippen LogP contribution in [0.3, 0.4) is 0 Å². The van der Waals surface area contributed by atoms with E-state index in [2.05, 4.69) is 10.0 Å². The van der Waals surface area contributed by atoms with Crippen molar-refractivity contribution in [1.82, 2.24) is 0 Å². The summed E-state index contributed by atoms with van der Waals surface area (Å²) < 4.78 is 25.1. The van der Waals surface area contributed by atoms with E-state index in [9.17, 15) is 18.0 Å². The lowest BCUT2D eigenvalue weighted by atomic mass is 10.2. The number of benzene rings is 1. The fourth-order valence-corrected chi connectivity index (χ4v) is 1.96. The normalized spacial score (nSPS) is 10.8. The summed E-state index contributed by atoms with van der Waals surface area (Å²) >= 11 is 0. The van der Waals surface area contributed by atoms with E-state index in [-0.39, 0.29) is 18.6 Å². The summed E-state index contributed by atoms with van der Waals surface area (Å²) in [6.45, 7) is 1.53. The van der Waals surface area contributed by atoms with Crippen LogP contribution in [0.4, 0.5) is 11.4 Å². The van der Waals surface area contributed by atoms with E-state index in [0.29, 0.717) is 11.4 Å². The van der Waals surface area contributed by atoms with Gasteiger partial charge in [0, 0.05) is 17.8 Å². The first-order valence-corrected chi connectivity index (χ1v) is 7.60. The minimum absolute atomic E-state index is 0.0271. The largest absolute Gasteiger partial charge is 0.481 e. The second-order valence-electron chi connectivity index (χ2n) is 4.02. The molecule has 0 saturated heterocycles. The highest BCUT2D eigenvalue weighted by molar-refractivity contribution is 7.92. The van der Waals surface area contributed by atoms with Gasteiger partial charge >= 0.3 is 5.97 Å². The summed E-state index contributed by atoms with van der Waals surface area (Å²) in [4.78, 5) is 21.7. The molecule has 3 N–H and O–H groups in total. The van der Waals surface area contributed by atoms with Crippen molar-refractivity contribution in [3.05, 3.63) is 24.3 Å². The molecule has 7 nitrogen and oxygen atoms in total. The van der Waals surface area contributed by atoms with Gasteiger partial charge in [-0.15, -0.1) is 0 Å². The number of carbonyl (C=O) groups excluding carboxylic acids is 1. The topological polar surface area (TPSA) is 113 Å². The zero-order valence-electron chi connectivity index (χ0n) is 10.9. The molecule has 20 heavy (non-hydrogen) atoms. The number of rotatable bonds is 7. The van der Waals surface area contributed by atoms with E-state index < -0.39 is 21.9 Å². The molecule has 1 amide bonds. The Bertz CT molecular complexity index is 580. The van der Waals surface area contributed by atoms with Crippen LogP contribution in [0.1, 0.15) is 19.8 Å². The summed E-state index contributed by atoms with van der Waals surface area (Å²) in [7, 11) is -3.33. The molecule has 0 fully saturated rings. The van der Waals surface area contributed by atoms with Gasteiger partial charge in [0.1, 0.15) is 0 Å². The highest BCUT2D eigenvalue weighted by Crippen LogP contribution is 2.15. The fourth-order valence-electron chi connectivity index (χ4n) is 1.32. The SMILES string of the molecule is CCS(=O)(=O)Nc1ccc(NC(=O)CCC(=O)O)cc1. The molecular formula is C12H16N2O5S. The molecule has 0 atom stereocenters. The van der Waals surface area contributed by atoms with E-state index >= 15 is 0 Å². The van der Waals surface area contributed by atoms with E-state index in [4.69, 9.17) is 5.11 Å². The lowest BCUT2D eigenvalue weighted by Crippen LogP contribution is -2.15. The van der Waals surface area contributed by atoms with Crippen LogP contribution in [0, 0.1) is 0 Å². The number of carboxylic acids is 1. The summed E-state index contributed by atoms with van der Waals surface area (Å²) in [5.74, 6) is -1.47. The molecule has 0 heterocycles. The lowest BCUT2D eigenvalue weighted by molar-refractivity contribution is -0.138. The predicted octanol–water partition coefficient (Wildman–Crippen LogP) is 1.25. The standard InChI is InChI=1S/C12H16N2O5S/c1-2-20(18,19)14-10-5-3-9(4-6-10)13-11(15)7-8-12(16)17/h3-6,14H,2,7-8H2,1H3,(H,13,15)(H,16,17). The molecule has 0 saturated carbocycles. The zero-order valence-corrected chi connectivity index (χ0v) is 11.7. The minimum Gasteiger partial charge on any atom is -0.481 e. The highest BCUT2D eigenvalue weighted by atomic mass is 32.2. The first-order valence-electron chi connectivity index (χ1n) is 5.94. The summed E-state index contributed by atoms with van der Waals surface area (Å²) in [5.41, 5.74) is 0.871. The van der Waals surface area contributed by atoms with Gasteiger partial charge in [-0.25, -0.2) is 8.42 Å². The first-order chi connectivity index (χ1) is 9.32. The van der Waals surface area contributed by atoms with Gasteiger partial charge in [-0.1, -0.05) is 0 Å². The van der Waals surface area contributed by atoms with Crippen molar-refractivity contribution in [3.63, 3.8) is 0 Å². The smallest absolute Gasteiger partial charge is 0.303 e. The number of amides is 1. The van der Waals surface area contributed by atoms with Crippen LogP contribution in [0.2, 0.25) is 0 Å². The molecule has 1 aromatic rings. The number of sulfonamides is 1. The van der Waals surface area contributed by atoms with Crippen LogP contribution >= 0.6 is 0 Å². The Morgan fingerprint density at radius 2 is 1.65 bits per heavy atom. The van der Waals surface area contributed by atoms with Crippen LogP contribution in [0.25, 0.3) is 0 Å². The molecule has 0 aromatic heterocycles. The van der Waals surface area contributed by atoms with E-state index in [1.165, 1.54) is 31.2 Å². The highest BCUT2D eigenvalue weighted by Gasteiger charge is 2.08. The van der Waals surface area contributed by atoms with Gasteiger partial charge < -0.3 is 10.4 Å². The minimum atomic E-state index is -3.33. The Morgan fingerprint density at radius 1 is 1.10 bits per heavy atom. The average Bonchev–Trinajstić information content (AvgIpc) is 2.38. The molecule has 1 rings (SSSR count). The fraction of sp³-hybridized carbons (Fsp3) is 0.333. The maximum absolute atomic E-state index is 11.4. The van der Waals surface area contributed by atoms with Gasteiger partial charge in [-0.3, -0.25) is 14.3 Å². The molecule has 8 heteroatoms. The molecule has 0 spiro atoms. The third-order valence-corrected chi connectivity index (χ3v) is 3.69. The quantitative estimate of drug-likeness (QED) is 0.701. The molecule has 0 aliphatic carbocycles. The van der Waals surface area contributed by atoms with Crippen molar-refractivity contribution in [3.8, 4) is 0 Å². The number of nitrogens with one attached hydrogen (secondary N) is 2. The van der Waals surface area contributed by atoms with Crippen LogP contribution < -0.4 is 10.0 Å². The molecular weight excluding hydrogens is 284 g/mol. The molecule has 0 aliphatic rings. The first kappa shape index (κ1) is 16.0. The predicted molar refractivity (Wildman–Crippen MR) is 75.0 cm³/mol. The monoisotopic (exact) mass is 300 g/mol. The van der Waals surface area contributed by atoms with Gasteiger partial charge in [0.2, 0.25) is 15.9 Å². The van der Waals surface area contributed by atoms with E-state index in [0.717, 1.165) is 0 Å². The van der Waals surface area contributed by atoms with Crippen LogP contribution in [0.5, 0.6) is 0 Å². The molecule has 0 aliphatic heterocycles. The Morgan fingerprint density at radius 3 is 2.15 bits per heavy atom. The van der Waals surface area contributed by atoms with Crippen molar-refractivity contribution in [2.45, 2.75) is 19.8 Å². The molecule has 110 valence electrons. The van der Waals surface area contributed by atoms with Crippen LogP contribution in [-0.4, -0.2) is 31.2 Å². The number of hydrogen-bond acceptors (Lipinski definition) is 4. The molecule has 0 bridgehead atoms. The zero-order chi connectivity index (χ0) is 15.2. The average molecular weight is 300 g/mol. The van der Waals surface area contributed by atoms with Crippen molar-refractivity contribution in [2.75, 3.05) is 15.8 Å². The van der Waals surface area contributed by atoms with Gasteiger partial charge in [-0.05, 0) is 31.2 Å². The van der Waals surface area contributed by atoms with Crippen molar-refractivity contribution < 1.29 is 23.1 Å². The molecule has 0 radical (unpaired) electrons. The maximum atomic E-state index is 11.4. The second kappa shape index (κ2) is 6.90. The molecule has 1 aromatic carbocycles. The third-order valence-electron chi connectivity index (χ3n) is 2.39. The van der Waals surface area contributed by atoms with Crippen molar-refractivity contribution in [1.29, 1.82) is 0 Å². The number of hydrogen-bond donors (Lipinski definition) is 3. The number of carboxylic acid groups (broad SMARTS) is 1. The Hall–Kier alpha value is -2.09. The number of anilines is 2. The van der Waals surface area contributed by atoms with Gasteiger partial charge in [0.15, 0.2) is 0 Å². The van der Waals surface area contributed by atoms with Gasteiger partial charge in [0.05, 0.1) is 12.2 Å². The Labute approximate surface area is 117 Å². The van der Waals surface area contributed by atoms with E-state index in [1.807, 2.05) is 0 Å². The van der Waals surface area contributed by atoms with Crippen LogP contribution in [-0.2, 0) is 19.6 Å². The summed E-state index contributed by atoms with van der Waals surface area (Å²) in [5, 5.41) is 11.0. The molecule has 0 unspecified atom stereocenters. The van der Waals surface area contributed by atoms with Crippen LogP contribution in [0.15, 0.2) is 24.3 Å². The van der Waals surface area contributed by atoms with Gasteiger partial charge in [-0.2, -0.15) is 0 Å². The second-order valence-corrected chi connectivity index (χ2v) is 6.04. The summed E-state index contributed by atoms with van der Waals surface area (Å²) in [6.07, 6.45) is -0.347. The van der Waals surface area contributed by atoms with Crippen molar-refractivity contribution >= 4 is 33.3 Å². The van der Waals surface area contributed by atoms with Crippen molar-refractivity contribution in [2.24, 2.45) is 0 Å². The van der Waals surface area contributed by atoms with E-state index in [1.54, 1.807) is 0 Å². The third kappa shape index (κ3) is 5.70.